The van der Waals surface area contributed by atoms with Gasteiger partial charge in [0.05, 0.1) is 0 Å². The zero-order valence-corrected chi connectivity index (χ0v) is 5.02. The number of halogens is 3. The standard InChI is InChI=1S/C2HBrF2S/c3-1(4)2(5)6/h1H. The van der Waals surface area contributed by atoms with Gasteiger partial charge in [-0.05, 0) is 28.1 Å². The average Bonchev–Trinajstić information content (AvgIpc) is 1.36. The topological polar surface area (TPSA) is 0 Å². The minimum atomic E-state index is -1.77. The van der Waals surface area contributed by atoms with Crippen LogP contribution in [-0.4, -0.2) is 10.2 Å². The highest BCUT2D eigenvalue weighted by atomic mass is 79.9. The van der Waals surface area contributed by atoms with Crippen LogP contribution in [0.25, 0.3) is 0 Å². The van der Waals surface area contributed by atoms with Gasteiger partial charge in [-0.2, -0.15) is 4.39 Å². The predicted molar refractivity (Wildman–Crippen MR) is 27.5 cm³/mol. The molecule has 0 radical (unpaired) electrons. The zero-order chi connectivity index (χ0) is 5.15. The molecule has 0 fully saturated rings. The molecule has 0 nitrogen and oxygen atoms in total. The van der Waals surface area contributed by atoms with Crippen molar-refractivity contribution in [1.29, 1.82) is 0 Å². The summed E-state index contributed by atoms with van der Waals surface area (Å²) in [6.45, 7) is 0. The van der Waals surface area contributed by atoms with E-state index in [-0.39, 0.29) is 0 Å². The van der Waals surface area contributed by atoms with Gasteiger partial charge in [-0.1, -0.05) is 0 Å². The molecule has 4 heteroatoms. The Kier molecular flexibility index (Phi) is 2.76. The van der Waals surface area contributed by atoms with Crippen molar-refractivity contribution >= 4 is 33.3 Å². The lowest BCUT2D eigenvalue weighted by atomic mass is 10.9. The first-order chi connectivity index (χ1) is 2.64. The molecular formula is C2HBrF2S. The first-order valence-electron chi connectivity index (χ1n) is 1.12. The molecule has 0 rings (SSSR count). The Bertz CT molecular complexity index is 62.6. The van der Waals surface area contributed by atoms with Gasteiger partial charge in [-0.3, -0.25) is 0 Å². The van der Waals surface area contributed by atoms with E-state index < -0.39 is 10.2 Å². The molecule has 0 spiro atoms. The number of rotatable bonds is 1. The number of hydrogen-bond acceptors (Lipinski definition) is 1. The molecule has 0 amide bonds. The maximum Gasteiger partial charge on any atom is 0.216 e. The van der Waals surface area contributed by atoms with Gasteiger partial charge in [0.1, 0.15) is 0 Å². The van der Waals surface area contributed by atoms with Gasteiger partial charge >= 0.3 is 0 Å². The first kappa shape index (κ1) is 6.43. The van der Waals surface area contributed by atoms with Gasteiger partial charge < -0.3 is 0 Å². The van der Waals surface area contributed by atoms with Crippen LogP contribution in [0.15, 0.2) is 0 Å². The largest absolute Gasteiger partial charge is 0.226 e. The smallest absolute Gasteiger partial charge is 0.216 e. The quantitative estimate of drug-likeness (QED) is 0.333. The Labute approximate surface area is 47.7 Å². The number of alkyl halides is 2. The molecule has 36 valence electrons. The fourth-order valence-corrected chi connectivity index (χ4v) is 0. The lowest BCUT2D eigenvalue weighted by Crippen LogP contribution is -1.94. The average molecular weight is 175 g/mol. The van der Waals surface area contributed by atoms with Crippen LogP contribution in [0.2, 0.25) is 0 Å². The summed E-state index contributed by atoms with van der Waals surface area (Å²) < 4.78 is 22.4. The highest BCUT2D eigenvalue weighted by molar-refractivity contribution is 9.09. The van der Waals surface area contributed by atoms with E-state index in [0.717, 1.165) is 0 Å². The second kappa shape index (κ2) is 2.58. The molecule has 0 aliphatic carbocycles. The third-order valence-electron chi connectivity index (χ3n) is 0.172. The molecule has 0 saturated carbocycles. The van der Waals surface area contributed by atoms with E-state index in [1.807, 2.05) is 0 Å². The summed E-state index contributed by atoms with van der Waals surface area (Å²) in [4.78, 5) is 0. The van der Waals surface area contributed by atoms with Gasteiger partial charge in [0, 0.05) is 0 Å². The van der Waals surface area contributed by atoms with Gasteiger partial charge in [-0.15, -0.1) is 0 Å². The fraction of sp³-hybridized carbons (Fsp3) is 0.500. The molecule has 0 aromatic carbocycles. The van der Waals surface area contributed by atoms with Gasteiger partial charge in [0.15, 0.2) is 0 Å². The number of hydrogen-bond donors (Lipinski definition) is 0. The van der Waals surface area contributed by atoms with E-state index in [1.54, 1.807) is 0 Å². The molecule has 0 aromatic rings. The first-order valence-corrected chi connectivity index (χ1v) is 2.44. The summed E-state index contributed by atoms with van der Waals surface area (Å²) in [6, 6.07) is 0. The molecule has 0 N–H and O–H groups in total. The maximum absolute atomic E-state index is 11.2. The van der Waals surface area contributed by atoms with Crippen LogP contribution < -0.4 is 0 Å². The van der Waals surface area contributed by atoms with E-state index in [0.29, 0.717) is 0 Å². The normalized spacial score (nSPS) is 13.8. The van der Waals surface area contributed by atoms with Crippen molar-refractivity contribution < 1.29 is 8.78 Å². The van der Waals surface area contributed by atoms with Crippen molar-refractivity contribution in [3.8, 4) is 0 Å². The highest BCUT2D eigenvalue weighted by Gasteiger charge is 2.03. The van der Waals surface area contributed by atoms with E-state index in [4.69, 9.17) is 0 Å². The molecule has 0 aromatic heterocycles. The number of thiocarbonyl (C=S) groups is 1. The summed E-state index contributed by atoms with van der Waals surface area (Å²) in [7, 11) is 0. The van der Waals surface area contributed by atoms with Crippen molar-refractivity contribution in [1.82, 2.24) is 0 Å². The van der Waals surface area contributed by atoms with Crippen LogP contribution >= 0.6 is 28.1 Å². The third-order valence-corrected chi connectivity index (χ3v) is 1.08. The predicted octanol–water partition coefficient (Wildman–Crippen LogP) is 1.97. The maximum atomic E-state index is 11.2. The minimum Gasteiger partial charge on any atom is -0.226 e. The fourth-order valence-electron chi connectivity index (χ4n) is 0. The van der Waals surface area contributed by atoms with Crippen molar-refractivity contribution in [3.63, 3.8) is 0 Å². The SMILES string of the molecule is FC(=S)C(F)Br. The Balaban J connectivity index is 3.26. The Morgan fingerprint density at radius 1 is 1.83 bits per heavy atom. The molecular weight excluding hydrogens is 174 g/mol. The zero-order valence-electron chi connectivity index (χ0n) is 2.62. The third kappa shape index (κ3) is 2.66. The van der Waals surface area contributed by atoms with Crippen molar-refractivity contribution in [2.24, 2.45) is 0 Å². The van der Waals surface area contributed by atoms with Gasteiger partial charge in [0.25, 0.3) is 0 Å². The van der Waals surface area contributed by atoms with E-state index >= 15 is 0 Å². The molecule has 0 heterocycles. The molecule has 0 aliphatic heterocycles. The Morgan fingerprint density at radius 2 is 2.00 bits per heavy atom. The molecule has 1 unspecified atom stereocenters. The Hall–Kier alpha value is 0.430. The Morgan fingerprint density at radius 3 is 2.00 bits per heavy atom. The summed E-state index contributed by atoms with van der Waals surface area (Å²) in [5, 5.41) is -2.93. The lowest BCUT2D eigenvalue weighted by Gasteiger charge is -1.83. The monoisotopic (exact) mass is 174 g/mol. The van der Waals surface area contributed by atoms with E-state index in [9.17, 15) is 8.78 Å². The second-order valence-electron chi connectivity index (χ2n) is 0.605. The van der Waals surface area contributed by atoms with Crippen LogP contribution in [0.3, 0.4) is 0 Å². The molecule has 0 aliphatic rings. The van der Waals surface area contributed by atoms with E-state index in [1.165, 1.54) is 0 Å². The summed E-state index contributed by atoms with van der Waals surface area (Å²) in [6.07, 6.45) is 0. The van der Waals surface area contributed by atoms with Crippen molar-refractivity contribution in [2.45, 2.75) is 5.08 Å². The summed E-state index contributed by atoms with van der Waals surface area (Å²) in [5.74, 6) is 0. The van der Waals surface area contributed by atoms with Crippen LogP contribution in [-0.2, 0) is 0 Å². The summed E-state index contributed by atoms with van der Waals surface area (Å²) in [5.41, 5.74) is 0. The summed E-state index contributed by atoms with van der Waals surface area (Å²) >= 11 is 5.99. The van der Waals surface area contributed by atoms with Crippen LogP contribution in [0.1, 0.15) is 0 Å². The van der Waals surface area contributed by atoms with Crippen molar-refractivity contribution in [2.75, 3.05) is 0 Å². The van der Waals surface area contributed by atoms with E-state index in [2.05, 4.69) is 28.1 Å². The molecule has 6 heavy (non-hydrogen) atoms. The molecule has 0 saturated heterocycles. The van der Waals surface area contributed by atoms with Crippen LogP contribution in [0, 0.1) is 0 Å². The molecule has 1 atom stereocenters. The van der Waals surface area contributed by atoms with Crippen LogP contribution in [0.5, 0.6) is 0 Å². The van der Waals surface area contributed by atoms with Crippen molar-refractivity contribution in [3.05, 3.63) is 0 Å². The molecule has 0 bridgehead atoms. The van der Waals surface area contributed by atoms with Crippen LogP contribution in [0.4, 0.5) is 8.78 Å². The van der Waals surface area contributed by atoms with Gasteiger partial charge in [0.2, 0.25) is 10.2 Å². The second-order valence-corrected chi connectivity index (χ2v) is 1.80. The highest BCUT2D eigenvalue weighted by Crippen LogP contribution is 2.03. The lowest BCUT2D eigenvalue weighted by molar-refractivity contribution is 0.525. The minimum absolute atomic E-state index is 1.16. The van der Waals surface area contributed by atoms with Gasteiger partial charge in [-0.25, -0.2) is 4.39 Å².